The zero-order valence-electron chi connectivity index (χ0n) is 10.6. The number of amides is 1. The van der Waals surface area contributed by atoms with Gasteiger partial charge in [0.2, 0.25) is 0 Å². The fourth-order valence-corrected chi connectivity index (χ4v) is 3.10. The highest BCUT2D eigenvalue weighted by Gasteiger charge is 2.24. The third kappa shape index (κ3) is 4.69. The second-order valence-corrected chi connectivity index (χ2v) is 6.33. The van der Waals surface area contributed by atoms with Gasteiger partial charge in [-0.2, -0.15) is 0 Å². The van der Waals surface area contributed by atoms with Gasteiger partial charge in [0.25, 0.3) is 5.91 Å². The third-order valence-corrected chi connectivity index (χ3v) is 4.53. The standard InChI is InChI=1S/C14H17BrClNO2/c15-12-6-1-2-7-13(12)17-14(18)9-19-11-5-3-4-10(16)8-11/h3-5,8,12-13H,1-2,6-7,9H2,(H,17,18). The third-order valence-electron chi connectivity index (χ3n) is 3.19. The van der Waals surface area contributed by atoms with Crippen LogP contribution in [0.25, 0.3) is 0 Å². The molecule has 0 heterocycles. The zero-order valence-corrected chi connectivity index (χ0v) is 12.9. The summed E-state index contributed by atoms with van der Waals surface area (Å²) in [5.41, 5.74) is 0. The maximum Gasteiger partial charge on any atom is 0.258 e. The van der Waals surface area contributed by atoms with E-state index in [0.29, 0.717) is 15.6 Å². The Morgan fingerprint density at radius 2 is 2.21 bits per heavy atom. The maximum atomic E-state index is 11.8. The summed E-state index contributed by atoms with van der Waals surface area (Å²) in [4.78, 5) is 12.2. The van der Waals surface area contributed by atoms with Crippen molar-refractivity contribution in [3.63, 3.8) is 0 Å². The fraction of sp³-hybridized carbons (Fsp3) is 0.500. The minimum Gasteiger partial charge on any atom is -0.484 e. The Morgan fingerprint density at radius 3 is 2.95 bits per heavy atom. The molecule has 5 heteroatoms. The molecule has 0 aliphatic heterocycles. The molecule has 0 radical (unpaired) electrons. The summed E-state index contributed by atoms with van der Waals surface area (Å²) in [5, 5.41) is 3.61. The van der Waals surface area contributed by atoms with Crippen LogP contribution in [0.2, 0.25) is 5.02 Å². The Bertz CT molecular complexity index is 441. The summed E-state index contributed by atoms with van der Waals surface area (Å²) < 4.78 is 5.41. The van der Waals surface area contributed by atoms with Crippen molar-refractivity contribution in [1.82, 2.24) is 5.32 Å². The molecular weight excluding hydrogens is 330 g/mol. The number of alkyl halides is 1. The fourth-order valence-electron chi connectivity index (χ4n) is 2.20. The van der Waals surface area contributed by atoms with Crippen LogP contribution in [0.1, 0.15) is 25.7 Å². The smallest absolute Gasteiger partial charge is 0.258 e. The van der Waals surface area contributed by atoms with Gasteiger partial charge in [-0.25, -0.2) is 0 Å². The van der Waals surface area contributed by atoms with Crippen molar-refractivity contribution < 1.29 is 9.53 Å². The van der Waals surface area contributed by atoms with E-state index in [4.69, 9.17) is 16.3 Å². The Hall–Kier alpha value is -0.740. The predicted octanol–water partition coefficient (Wildman–Crippen LogP) is 3.54. The molecule has 2 atom stereocenters. The van der Waals surface area contributed by atoms with Gasteiger partial charge in [0, 0.05) is 15.9 Å². The zero-order chi connectivity index (χ0) is 13.7. The molecule has 104 valence electrons. The van der Waals surface area contributed by atoms with Gasteiger partial charge in [0.15, 0.2) is 6.61 Å². The number of nitrogens with one attached hydrogen (secondary N) is 1. The Balaban J connectivity index is 1.78. The van der Waals surface area contributed by atoms with Crippen LogP contribution in [0.5, 0.6) is 5.75 Å². The van der Waals surface area contributed by atoms with Crippen LogP contribution in [0, 0.1) is 0 Å². The summed E-state index contributed by atoms with van der Waals surface area (Å²) in [7, 11) is 0. The Labute approximate surface area is 126 Å². The van der Waals surface area contributed by atoms with E-state index in [9.17, 15) is 4.79 Å². The van der Waals surface area contributed by atoms with Crippen LogP contribution in [-0.2, 0) is 4.79 Å². The average molecular weight is 347 g/mol. The molecule has 2 rings (SSSR count). The summed E-state index contributed by atoms with van der Waals surface area (Å²) in [6, 6.07) is 7.26. The van der Waals surface area contributed by atoms with Gasteiger partial charge < -0.3 is 10.1 Å². The molecule has 1 aliphatic carbocycles. The van der Waals surface area contributed by atoms with Crippen molar-refractivity contribution in [2.45, 2.75) is 36.6 Å². The van der Waals surface area contributed by atoms with Crippen molar-refractivity contribution >= 4 is 33.4 Å². The van der Waals surface area contributed by atoms with Crippen molar-refractivity contribution in [1.29, 1.82) is 0 Å². The van der Waals surface area contributed by atoms with Gasteiger partial charge in [-0.15, -0.1) is 0 Å². The number of benzene rings is 1. The summed E-state index contributed by atoms with van der Waals surface area (Å²) >= 11 is 9.46. The van der Waals surface area contributed by atoms with Gasteiger partial charge in [0.05, 0.1) is 0 Å². The molecule has 0 bridgehead atoms. The van der Waals surface area contributed by atoms with Gasteiger partial charge in [-0.1, -0.05) is 46.4 Å². The monoisotopic (exact) mass is 345 g/mol. The first-order chi connectivity index (χ1) is 9.15. The van der Waals surface area contributed by atoms with Crippen molar-refractivity contribution in [2.75, 3.05) is 6.61 Å². The van der Waals surface area contributed by atoms with Crippen molar-refractivity contribution in [2.24, 2.45) is 0 Å². The minimum atomic E-state index is -0.0867. The quantitative estimate of drug-likeness (QED) is 0.847. The summed E-state index contributed by atoms with van der Waals surface area (Å²) in [6.45, 7) is 0.0244. The van der Waals surface area contributed by atoms with Gasteiger partial charge in [-0.05, 0) is 31.0 Å². The molecule has 2 unspecified atom stereocenters. The molecule has 1 amide bonds. The average Bonchev–Trinajstić information content (AvgIpc) is 2.39. The molecule has 1 N–H and O–H groups in total. The molecule has 1 fully saturated rings. The molecule has 0 saturated heterocycles. The molecule has 0 spiro atoms. The number of halogens is 2. The molecule has 1 aromatic rings. The van der Waals surface area contributed by atoms with Crippen LogP contribution in [-0.4, -0.2) is 23.4 Å². The topological polar surface area (TPSA) is 38.3 Å². The first-order valence-electron chi connectivity index (χ1n) is 6.47. The van der Waals surface area contributed by atoms with E-state index in [1.54, 1.807) is 24.3 Å². The summed E-state index contributed by atoms with van der Waals surface area (Å²) in [5.74, 6) is 0.526. The minimum absolute atomic E-state index is 0.0244. The second kappa shape index (κ2) is 7.15. The summed E-state index contributed by atoms with van der Waals surface area (Å²) in [6.07, 6.45) is 4.53. The van der Waals surface area contributed by atoms with Gasteiger partial charge in [0.1, 0.15) is 5.75 Å². The number of carbonyl (C=O) groups excluding carboxylic acids is 1. The van der Waals surface area contributed by atoms with E-state index >= 15 is 0 Å². The lowest BCUT2D eigenvalue weighted by Crippen LogP contribution is -2.44. The largest absolute Gasteiger partial charge is 0.484 e. The number of hydrogen-bond donors (Lipinski definition) is 1. The molecule has 1 saturated carbocycles. The molecular formula is C14H17BrClNO2. The highest BCUT2D eigenvalue weighted by molar-refractivity contribution is 9.09. The highest BCUT2D eigenvalue weighted by atomic mass is 79.9. The molecule has 19 heavy (non-hydrogen) atoms. The molecule has 1 aliphatic rings. The van der Waals surface area contributed by atoms with Crippen LogP contribution in [0.15, 0.2) is 24.3 Å². The van der Waals surface area contributed by atoms with E-state index < -0.39 is 0 Å². The van der Waals surface area contributed by atoms with Crippen molar-refractivity contribution in [3.05, 3.63) is 29.3 Å². The number of ether oxygens (including phenoxy) is 1. The van der Waals surface area contributed by atoms with E-state index in [2.05, 4.69) is 21.2 Å². The van der Waals surface area contributed by atoms with Gasteiger partial charge >= 0.3 is 0 Å². The lowest BCUT2D eigenvalue weighted by Gasteiger charge is -2.28. The lowest BCUT2D eigenvalue weighted by atomic mass is 9.95. The normalized spacial score (nSPS) is 22.8. The lowest BCUT2D eigenvalue weighted by molar-refractivity contribution is -0.123. The van der Waals surface area contributed by atoms with E-state index in [-0.39, 0.29) is 18.6 Å². The first kappa shape index (κ1) is 14.7. The second-order valence-electron chi connectivity index (χ2n) is 4.72. The van der Waals surface area contributed by atoms with E-state index in [1.807, 2.05) is 0 Å². The maximum absolute atomic E-state index is 11.8. The molecule has 1 aromatic carbocycles. The van der Waals surface area contributed by atoms with Crippen LogP contribution < -0.4 is 10.1 Å². The Kier molecular flexibility index (Phi) is 5.52. The van der Waals surface area contributed by atoms with Crippen LogP contribution in [0.4, 0.5) is 0 Å². The predicted molar refractivity (Wildman–Crippen MR) is 80.1 cm³/mol. The number of hydrogen-bond acceptors (Lipinski definition) is 2. The van der Waals surface area contributed by atoms with E-state index in [1.165, 1.54) is 12.8 Å². The number of rotatable bonds is 4. The van der Waals surface area contributed by atoms with E-state index in [0.717, 1.165) is 12.8 Å². The Morgan fingerprint density at radius 1 is 1.42 bits per heavy atom. The molecule has 0 aromatic heterocycles. The molecule has 3 nitrogen and oxygen atoms in total. The van der Waals surface area contributed by atoms with Gasteiger partial charge in [-0.3, -0.25) is 4.79 Å². The van der Waals surface area contributed by atoms with Crippen molar-refractivity contribution in [3.8, 4) is 5.75 Å². The highest BCUT2D eigenvalue weighted by Crippen LogP contribution is 2.24. The SMILES string of the molecule is O=C(COc1cccc(Cl)c1)NC1CCCCC1Br. The van der Waals surface area contributed by atoms with Crippen LogP contribution >= 0.6 is 27.5 Å². The van der Waals surface area contributed by atoms with Crippen LogP contribution in [0.3, 0.4) is 0 Å². The first-order valence-corrected chi connectivity index (χ1v) is 7.76. The number of carbonyl (C=O) groups is 1.